The quantitative estimate of drug-likeness (QED) is 0.745. The van der Waals surface area contributed by atoms with Crippen LogP contribution in [0.4, 0.5) is 0 Å². The minimum atomic E-state index is -3.41. The summed E-state index contributed by atoms with van der Waals surface area (Å²) in [6.07, 6.45) is 5.94. The van der Waals surface area contributed by atoms with Gasteiger partial charge in [0, 0.05) is 31.7 Å². The fourth-order valence-electron chi connectivity index (χ4n) is 3.25. The van der Waals surface area contributed by atoms with E-state index in [2.05, 4.69) is 0 Å². The van der Waals surface area contributed by atoms with E-state index in [1.807, 2.05) is 20.8 Å². The average Bonchev–Trinajstić information content (AvgIpc) is 2.46. The summed E-state index contributed by atoms with van der Waals surface area (Å²) in [4.78, 5) is 0. The molecule has 1 fully saturated rings. The molecule has 0 bridgehead atoms. The van der Waals surface area contributed by atoms with Gasteiger partial charge in [0.25, 0.3) is 10.2 Å². The largest absolute Gasteiger partial charge is 0.329 e. The van der Waals surface area contributed by atoms with E-state index in [4.69, 9.17) is 5.73 Å². The van der Waals surface area contributed by atoms with Gasteiger partial charge in [-0.2, -0.15) is 17.0 Å². The van der Waals surface area contributed by atoms with E-state index < -0.39 is 10.2 Å². The molecule has 0 aromatic rings. The highest BCUT2D eigenvalue weighted by molar-refractivity contribution is 7.86. The monoisotopic (exact) mass is 305 g/mol. The van der Waals surface area contributed by atoms with Gasteiger partial charge < -0.3 is 5.73 Å². The molecule has 120 valence electrons. The number of hydrogen-bond acceptors (Lipinski definition) is 3. The van der Waals surface area contributed by atoms with Crippen LogP contribution in [0.25, 0.3) is 0 Å². The molecule has 1 rings (SSSR count). The second kappa shape index (κ2) is 7.73. The van der Waals surface area contributed by atoms with Crippen LogP contribution >= 0.6 is 0 Å². The molecule has 0 heterocycles. The van der Waals surface area contributed by atoms with Crippen LogP contribution in [0.5, 0.6) is 0 Å². The molecule has 1 aliphatic rings. The van der Waals surface area contributed by atoms with E-state index in [1.54, 1.807) is 8.61 Å². The van der Waals surface area contributed by atoms with Crippen LogP contribution in [-0.2, 0) is 10.2 Å². The summed E-state index contributed by atoms with van der Waals surface area (Å²) in [7, 11) is -3.41. The highest BCUT2D eigenvalue weighted by Gasteiger charge is 2.44. The van der Waals surface area contributed by atoms with Gasteiger partial charge in [-0.15, -0.1) is 0 Å². The lowest BCUT2D eigenvalue weighted by Gasteiger charge is -2.46. The van der Waals surface area contributed by atoms with Crippen molar-refractivity contribution in [1.29, 1.82) is 0 Å². The molecule has 0 saturated heterocycles. The fraction of sp³-hybridized carbons (Fsp3) is 1.00. The minimum Gasteiger partial charge on any atom is -0.329 e. The van der Waals surface area contributed by atoms with Crippen LogP contribution in [0.3, 0.4) is 0 Å². The second-order valence-electron chi connectivity index (χ2n) is 5.65. The van der Waals surface area contributed by atoms with Crippen LogP contribution in [0.15, 0.2) is 0 Å². The Labute approximate surface area is 124 Å². The molecule has 0 aromatic carbocycles. The van der Waals surface area contributed by atoms with E-state index >= 15 is 0 Å². The second-order valence-corrected chi connectivity index (χ2v) is 7.51. The third-order valence-corrected chi connectivity index (χ3v) is 6.73. The summed E-state index contributed by atoms with van der Waals surface area (Å²) >= 11 is 0. The zero-order valence-corrected chi connectivity index (χ0v) is 14.1. The molecule has 1 aliphatic carbocycles. The van der Waals surface area contributed by atoms with Gasteiger partial charge in [0.2, 0.25) is 0 Å². The highest BCUT2D eigenvalue weighted by Crippen LogP contribution is 2.35. The summed E-state index contributed by atoms with van der Waals surface area (Å²) < 4.78 is 29.1. The number of nitrogens with two attached hydrogens (primary N) is 1. The lowest BCUT2D eigenvalue weighted by atomic mass is 9.81. The smallest absolute Gasteiger partial charge is 0.282 e. The molecule has 0 atom stereocenters. The van der Waals surface area contributed by atoms with Crippen LogP contribution in [-0.4, -0.2) is 48.7 Å². The summed E-state index contributed by atoms with van der Waals surface area (Å²) in [6.45, 7) is 7.82. The molecule has 1 saturated carbocycles. The molecule has 0 aliphatic heterocycles. The van der Waals surface area contributed by atoms with Crippen molar-refractivity contribution in [3.8, 4) is 0 Å². The first-order valence-electron chi connectivity index (χ1n) is 7.96. The third kappa shape index (κ3) is 3.53. The summed E-state index contributed by atoms with van der Waals surface area (Å²) in [5, 5.41) is 0. The first kappa shape index (κ1) is 17.9. The topological polar surface area (TPSA) is 66.6 Å². The SMILES string of the molecule is CCCN(C1(CN)CCCCC1)S(=O)(=O)N(CC)CC. The summed E-state index contributed by atoms with van der Waals surface area (Å²) in [5.74, 6) is 0. The molecule has 5 nitrogen and oxygen atoms in total. The molecule has 6 heteroatoms. The van der Waals surface area contributed by atoms with Crippen molar-refractivity contribution in [3.05, 3.63) is 0 Å². The molecular formula is C14H31N3O2S. The predicted octanol–water partition coefficient (Wildman–Crippen LogP) is 1.95. The Morgan fingerprint density at radius 1 is 1.05 bits per heavy atom. The van der Waals surface area contributed by atoms with Gasteiger partial charge in [0.1, 0.15) is 0 Å². The van der Waals surface area contributed by atoms with Crippen molar-refractivity contribution >= 4 is 10.2 Å². The van der Waals surface area contributed by atoms with Crippen LogP contribution in [0.1, 0.15) is 59.3 Å². The zero-order valence-electron chi connectivity index (χ0n) is 13.3. The van der Waals surface area contributed by atoms with Gasteiger partial charge in [-0.3, -0.25) is 0 Å². The molecule has 20 heavy (non-hydrogen) atoms. The number of rotatable bonds is 8. The fourth-order valence-corrected chi connectivity index (χ4v) is 5.35. The molecule has 0 radical (unpaired) electrons. The van der Waals surface area contributed by atoms with Gasteiger partial charge in [-0.25, -0.2) is 0 Å². The highest BCUT2D eigenvalue weighted by atomic mass is 32.2. The van der Waals surface area contributed by atoms with Crippen molar-refractivity contribution in [2.45, 2.75) is 64.8 Å². The van der Waals surface area contributed by atoms with Gasteiger partial charge in [0.15, 0.2) is 0 Å². The summed E-state index contributed by atoms with van der Waals surface area (Å²) in [5.41, 5.74) is 5.66. The van der Waals surface area contributed by atoms with E-state index in [0.29, 0.717) is 26.2 Å². The molecule has 0 aromatic heterocycles. The Morgan fingerprint density at radius 3 is 2.00 bits per heavy atom. The molecule has 0 unspecified atom stereocenters. The Balaban J connectivity index is 3.14. The van der Waals surface area contributed by atoms with Gasteiger partial charge in [-0.1, -0.05) is 40.0 Å². The first-order valence-corrected chi connectivity index (χ1v) is 9.36. The van der Waals surface area contributed by atoms with Crippen LogP contribution in [0.2, 0.25) is 0 Å². The predicted molar refractivity (Wildman–Crippen MR) is 83.7 cm³/mol. The van der Waals surface area contributed by atoms with E-state index in [-0.39, 0.29) is 5.54 Å². The van der Waals surface area contributed by atoms with Gasteiger partial charge in [-0.05, 0) is 19.3 Å². The Bertz CT molecular complexity index is 374. The van der Waals surface area contributed by atoms with E-state index in [0.717, 1.165) is 32.1 Å². The van der Waals surface area contributed by atoms with Crippen molar-refractivity contribution in [1.82, 2.24) is 8.61 Å². The Hall–Kier alpha value is -0.170. The van der Waals surface area contributed by atoms with Gasteiger partial charge >= 0.3 is 0 Å². The molecule has 2 N–H and O–H groups in total. The lowest BCUT2D eigenvalue weighted by molar-refractivity contribution is 0.127. The standard InChI is InChI=1S/C14H31N3O2S/c1-4-12-17(20(18,19)16(5-2)6-3)14(13-15)10-8-7-9-11-14/h4-13,15H2,1-3H3. The normalized spacial score (nSPS) is 19.7. The van der Waals surface area contributed by atoms with Crippen molar-refractivity contribution in [3.63, 3.8) is 0 Å². The zero-order chi connectivity index (χ0) is 15.2. The average molecular weight is 305 g/mol. The maximum absolute atomic E-state index is 12.9. The maximum atomic E-state index is 12.9. The maximum Gasteiger partial charge on any atom is 0.282 e. The first-order chi connectivity index (χ1) is 9.48. The van der Waals surface area contributed by atoms with Crippen molar-refractivity contribution in [2.24, 2.45) is 5.73 Å². The van der Waals surface area contributed by atoms with Gasteiger partial charge in [0.05, 0.1) is 0 Å². The third-order valence-electron chi connectivity index (χ3n) is 4.43. The number of hydrogen-bond donors (Lipinski definition) is 1. The van der Waals surface area contributed by atoms with Crippen molar-refractivity contribution < 1.29 is 8.42 Å². The van der Waals surface area contributed by atoms with E-state index in [1.165, 1.54) is 6.42 Å². The molecular weight excluding hydrogens is 274 g/mol. The molecule has 0 spiro atoms. The Morgan fingerprint density at radius 2 is 1.60 bits per heavy atom. The Kier molecular flexibility index (Phi) is 6.91. The molecule has 0 amide bonds. The van der Waals surface area contributed by atoms with E-state index in [9.17, 15) is 8.42 Å². The van der Waals surface area contributed by atoms with Crippen molar-refractivity contribution in [2.75, 3.05) is 26.2 Å². The number of nitrogens with zero attached hydrogens (tertiary/aromatic N) is 2. The van der Waals surface area contributed by atoms with Crippen LogP contribution in [0, 0.1) is 0 Å². The minimum absolute atomic E-state index is 0.365. The summed E-state index contributed by atoms with van der Waals surface area (Å²) in [6, 6.07) is 0. The lowest BCUT2D eigenvalue weighted by Crippen LogP contribution is -2.60. The van der Waals surface area contributed by atoms with Crippen LogP contribution < -0.4 is 5.73 Å².